The van der Waals surface area contributed by atoms with Crippen molar-refractivity contribution in [1.29, 1.82) is 0 Å². The fourth-order valence-electron chi connectivity index (χ4n) is 1.51. The van der Waals surface area contributed by atoms with Gasteiger partial charge in [-0.15, -0.1) is 0 Å². The van der Waals surface area contributed by atoms with Crippen LogP contribution in [0.2, 0.25) is 0 Å². The number of sulfonamides is 1. The van der Waals surface area contributed by atoms with Crippen LogP contribution in [0.25, 0.3) is 0 Å². The summed E-state index contributed by atoms with van der Waals surface area (Å²) in [5.74, 6) is 0.529. The minimum atomic E-state index is -3.23. The Labute approximate surface area is 110 Å². The van der Waals surface area contributed by atoms with Crippen molar-refractivity contribution in [2.24, 2.45) is 5.92 Å². The Hall–Kier alpha value is -1.07. The van der Waals surface area contributed by atoms with E-state index in [4.69, 9.17) is 5.73 Å². The summed E-state index contributed by atoms with van der Waals surface area (Å²) >= 11 is 0. The first-order valence-corrected chi connectivity index (χ1v) is 7.70. The fraction of sp³-hybridized carbons (Fsp3) is 0.538. The van der Waals surface area contributed by atoms with Gasteiger partial charge in [0.2, 0.25) is 10.0 Å². The van der Waals surface area contributed by atoms with Gasteiger partial charge in [-0.2, -0.15) is 0 Å². The van der Waals surface area contributed by atoms with Crippen molar-refractivity contribution in [2.45, 2.75) is 26.0 Å². The summed E-state index contributed by atoms with van der Waals surface area (Å²) < 4.78 is 25.6. The second kappa shape index (κ2) is 6.20. The number of hydrogen-bond donors (Lipinski definition) is 1. The second-order valence-corrected chi connectivity index (χ2v) is 7.08. The van der Waals surface area contributed by atoms with Gasteiger partial charge < -0.3 is 5.73 Å². The Kier molecular flexibility index (Phi) is 5.16. The van der Waals surface area contributed by atoms with Gasteiger partial charge in [0.1, 0.15) is 0 Å². The largest absolute Gasteiger partial charge is 0.399 e. The lowest BCUT2D eigenvalue weighted by Gasteiger charge is -2.18. The van der Waals surface area contributed by atoms with Gasteiger partial charge in [-0.1, -0.05) is 26.0 Å². The van der Waals surface area contributed by atoms with Crippen LogP contribution in [-0.2, 0) is 15.8 Å². The molecule has 4 nitrogen and oxygen atoms in total. The maximum absolute atomic E-state index is 12.1. The summed E-state index contributed by atoms with van der Waals surface area (Å²) in [6.07, 6.45) is 0.872. The maximum atomic E-state index is 12.1. The lowest BCUT2D eigenvalue weighted by molar-refractivity contribution is 0.427. The van der Waals surface area contributed by atoms with Gasteiger partial charge in [-0.3, -0.25) is 0 Å². The fourth-order valence-corrected chi connectivity index (χ4v) is 2.73. The zero-order valence-electron chi connectivity index (χ0n) is 11.3. The van der Waals surface area contributed by atoms with E-state index in [9.17, 15) is 8.42 Å². The van der Waals surface area contributed by atoms with Gasteiger partial charge in [-0.05, 0) is 30.0 Å². The molecular formula is C13H22N2O2S. The lowest BCUT2D eigenvalue weighted by Crippen LogP contribution is -2.29. The van der Waals surface area contributed by atoms with Gasteiger partial charge in [-0.25, -0.2) is 12.7 Å². The Morgan fingerprint density at radius 2 is 1.78 bits per heavy atom. The first kappa shape index (κ1) is 15.0. The standard InChI is InChI=1S/C13H22N2O2S/c1-11(2)8-9-15(3)18(16,17)10-12-4-6-13(14)7-5-12/h4-7,11H,8-10,14H2,1-3H3. The van der Waals surface area contributed by atoms with Crippen molar-refractivity contribution in [3.05, 3.63) is 29.8 Å². The van der Waals surface area contributed by atoms with Crippen LogP contribution in [0.1, 0.15) is 25.8 Å². The number of anilines is 1. The van der Waals surface area contributed by atoms with Gasteiger partial charge in [0.15, 0.2) is 0 Å². The average Bonchev–Trinajstić information content (AvgIpc) is 2.28. The molecule has 0 saturated carbocycles. The highest BCUT2D eigenvalue weighted by atomic mass is 32.2. The Balaban J connectivity index is 2.66. The van der Waals surface area contributed by atoms with Gasteiger partial charge in [0.25, 0.3) is 0 Å². The molecule has 1 rings (SSSR count). The number of nitrogens with two attached hydrogens (primary N) is 1. The van der Waals surface area contributed by atoms with Crippen molar-refractivity contribution < 1.29 is 8.42 Å². The highest BCUT2D eigenvalue weighted by molar-refractivity contribution is 7.88. The topological polar surface area (TPSA) is 63.4 Å². The van der Waals surface area contributed by atoms with Crippen LogP contribution in [0.4, 0.5) is 5.69 Å². The molecule has 0 aliphatic heterocycles. The zero-order valence-corrected chi connectivity index (χ0v) is 12.1. The highest BCUT2D eigenvalue weighted by Gasteiger charge is 2.18. The van der Waals surface area contributed by atoms with Crippen molar-refractivity contribution >= 4 is 15.7 Å². The lowest BCUT2D eigenvalue weighted by atomic mass is 10.1. The minimum Gasteiger partial charge on any atom is -0.399 e. The smallest absolute Gasteiger partial charge is 0.218 e. The Morgan fingerprint density at radius 3 is 2.28 bits per heavy atom. The highest BCUT2D eigenvalue weighted by Crippen LogP contribution is 2.13. The number of nitrogens with zero attached hydrogens (tertiary/aromatic N) is 1. The van der Waals surface area contributed by atoms with E-state index in [1.54, 1.807) is 31.3 Å². The van der Waals surface area contributed by atoms with E-state index in [0.717, 1.165) is 12.0 Å². The van der Waals surface area contributed by atoms with E-state index in [1.165, 1.54) is 4.31 Å². The Morgan fingerprint density at radius 1 is 1.22 bits per heavy atom. The quantitative estimate of drug-likeness (QED) is 0.805. The van der Waals surface area contributed by atoms with E-state index >= 15 is 0 Å². The predicted molar refractivity (Wildman–Crippen MR) is 75.6 cm³/mol. The number of hydrogen-bond acceptors (Lipinski definition) is 3. The number of nitrogen functional groups attached to an aromatic ring is 1. The molecule has 102 valence electrons. The van der Waals surface area contributed by atoms with Crippen molar-refractivity contribution in [2.75, 3.05) is 19.3 Å². The minimum absolute atomic E-state index is 0.0296. The van der Waals surface area contributed by atoms with Crippen LogP contribution in [0.3, 0.4) is 0 Å². The Bertz CT molecular complexity index is 466. The van der Waals surface area contributed by atoms with E-state index in [1.807, 2.05) is 0 Å². The third kappa shape index (κ3) is 4.66. The summed E-state index contributed by atoms with van der Waals surface area (Å²) in [6.45, 7) is 4.73. The average molecular weight is 270 g/mol. The van der Waals surface area contributed by atoms with Crippen molar-refractivity contribution in [3.63, 3.8) is 0 Å². The van der Waals surface area contributed by atoms with Crippen LogP contribution in [-0.4, -0.2) is 26.3 Å². The zero-order chi connectivity index (χ0) is 13.8. The molecule has 0 amide bonds. The van der Waals surface area contributed by atoms with Crippen molar-refractivity contribution in [3.8, 4) is 0 Å². The molecule has 1 aromatic carbocycles. The molecule has 0 aromatic heterocycles. The van der Waals surface area contributed by atoms with Gasteiger partial charge in [0.05, 0.1) is 5.75 Å². The summed E-state index contributed by atoms with van der Waals surface area (Å²) in [5, 5.41) is 0. The molecule has 5 heteroatoms. The number of rotatable bonds is 6. The molecule has 0 saturated heterocycles. The second-order valence-electron chi connectivity index (χ2n) is 5.00. The molecule has 0 aliphatic carbocycles. The molecule has 1 aromatic rings. The normalized spacial score (nSPS) is 12.3. The van der Waals surface area contributed by atoms with E-state index in [2.05, 4.69) is 13.8 Å². The van der Waals surface area contributed by atoms with E-state index in [-0.39, 0.29) is 5.75 Å². The predicted octanol–water partition coefficient (Wildman–Crippen LogP) is 2.08. The molecule has 0 aliphatic rings. The maximum Gasteiger partial charge on any atom is 0.218 e. The molecule has 0 radical (unpaired) electrons. The number of benzene rings is 1. The van der Waals surface area contributed by atoms with Crippen molar-refractivity contribution in [1.82, 2.24) is 4.31 Å². The van der Waals surface area contributed by atoms with Crippen LogP contribution in [0, 0.1) is 5.92 Å². The first-order chi connectivity index (χ1) is 8.31. The van der Waals surface area contributed by atoms with E-state index in [0.29, 0.717) is 18.2 Å². The van der Waals surface area contributed by atoms with Gasteiger partial charge in [0, 0.05) is 19.3 Å². The molecule has 2 N–H and O–H groups in total. The SMILES string of the molecule is CC(C)CCN(C)S(=O)(=O)Cc1ccc(N)cc1. The van der Waals surface area contributed by atoms with Gasteiger partial charge >= 0.3 is 0 Å². The summed E-state index contributed by atoms with van der Waals surface area (Å²) in [7, 11) is -1.60. The molecular weight excluding hydrogens is 248 g/mol. The van der Waals surface area contributed by atoms with Crippen LogP contribution < -0.4 is 5.73 Å². The van der Waals surface area contributed by atoms with E-state index < -0.39 is 10.0 Å². The summed E-state index contributed by atoms with van der Waals surface area (Å²) in [4.78, 5) is 0. The molecule has 0 bridgehead atoms. The van der Waals surface area contributed by atoms with Crippen LogP contribution in [0.5, 0.6) is 0 Å². The molecule has 18 heavy (non-hydrogen) atoms. The molecule has 0 heterocycles. The molecule has 0 unspecified atom stereocenters. The summed E-state index contributed by atoms with van der Waals surface area (Å²) in [5.41, 5.74) is 6.98. The monoisotopic (exact) mass is 270 g/mol. The summed E-state index contributed by atoms with van der Waals surface area (Å²) in [6, 6.07) is 6.95. The molecule has 0 spiro atoms. The van der Waals surface area contributed by atoms with Crippen LogP contribution in [0.15, 0.2) is 24.3 Å². The molecule has 0 atom stereocenters. The third-order valence-electron chi connectivity index (χ3n) is 2.82. The van der Waals surface area contributed by atoms with Crippen LogP contribution >= 0.6 is 0 Å². The first-order valence-electron chi connectivity index (χ1n) is 6.09. The third-order valence-corrected chi connectivity index (χ3v) is 4.66. The molecule has 0 fully saturated rings.